The Kier molecular flexibility index (Phi) is 4.42. The smallest absolute Gasteiger partial charge is 0.344 e. The van der Waals surface area contributed by atoms with Gasteiger partial charge in [-0.25, -0.2) is 15.0 Å². The molecule has 8 nitrogen and oxygen atoms in total. The Labute approximate surface area is 140 Å². The first-order valence-corrected chi connectivity index (χ1v) is 7.47. The molecule has 5 amide bonds. The number of hydrogen-bond acceptors (Lipinski definition) is 4. The highest BCUT2D eigenvalue weighted by molar-refractivity contribution is 6.08. The van der Waals surface area contributed by atoms with E-state index in [2.05, 4.69) is 16.1 Å². The molecule has 1 saturated heterocycles. The minimum atomic E-state index is -1.27. The van der Waals surface area contributed by atoms with Gasteiger partial charge in [-0.1, -0.05) is 12.1 Å². The van der Waals surface area contributed by atoms with Crippen molar-refractivity contribution in [3.63, 3.8) is 0 Å². The first kappa shape index (κ1) is 17.6. The second-order valence-electron chi connectivity index (χ2n) is 6.74. The standard InChI is InChI=1S/C16H22N4O4/c1-15(2,3)17-13(22)19-20-12(21)16(4,18-14(20)23)10-6-8-11(24-5)9-7-10/h6-9H,1-5H3,(H,18,23)(H2,17,19,22). The van der Waals surface area contributed by atoms with Gasteiger partial charge in [-0.05, 0) is 45.4 Å². The third kappa shape index (κ3) is 3.42. The molecule has 1 aromatic rings. The van der Waals surface area contributed by atoms with Crippen LogP contribution < -0.4 is 20.8 Å². The van der Waals surface area contributed by atoms with Gasteiger partial charge in [-0.3, -0.25) is 4.79 Å². The molecule has 0 radical (unpaired) electrons. The molecule has 1 atom stereocenters. The van der Waals surface area contributed by atoms with Gasteiger partial charge in [0.2, 0.25) is 0 Å². The molecule has 130 valence electrons. The third-order valence-electron chi connectivity index (χ3n) is 3.56. The fourth-order valence-corrected chi connectivity index (χ4v) is 2.33. The molecule has 0 saturated carbocycles. The van der Waals surface area contributed by atoms with Crippen LogP contribution in [0.3, 0.4) is 0 Å². The predicted octanol–water partition coefficient (Wildman–Crippen LogP) is 1.47. The van der Waals surface area contributed by atoms with Crippen LogP contribution >= 0.6 is 0 Å². The number of urea groups is 2. The van der Waals surface area contributed by atoms with Crippen LogP contribution in [0.4, 0.5) is 9.59 Å². The largest absolute Gasteiger partial charge is 0.497 e. The van der Waals surface area contributed by atoms with Crippen molar-refractivity contribution in [3.05, 3.63) is 29.8 Å². The molecule has 0 spiro atoms. The number of hydrazine groups is 1. The Morgan fingerprint density at radius 1 is 1.21 bits per heavy atom. The zero-order valence-electron chi connectivity index (χ0n) is 14.4. The topological polar surface area (TPSA) is 99.8 Å². The highest BCUT2D eigenvalue weighted by Crippen LogP contribution is 2.29. The third-order valence-corrected chi connectivity index (χ3v) is 3.56. The maximum absolute atomic E-state index is 12.7. The Balaban J connectivity index is 2.19. The minimum absolute atomic E-state index is 0.497. The molecule has 2 rings (SSSR count). The molecule has 3 N–H and O–H groups in total. The van der Waals surface area contributed by atoms with E-state index in [0.717, 1.165) is 0 Å². The van der Waals surface area contributed by atoms with Gasteiger partial charge in [0.05, 0.1) is 7.11 Å². The van der Waals surface area contributed by atoms with Crippen LogP contribution in [-0.4, -0.2) is 35.6 Å². The quantitative estimate of drug-likeness (QED) is 0.729. The van der Waals surface area contributed by atoms with Crippen molar-refractivity contribution < 1.29 is 19.1 Å². The van der Waals surface area contributed by atoms with E-state index in [4.69, 9.17) is 4.74 Å². The molecule has 1 fully saturated rings. The number of ether oxygens (including phenoxy) is 1. The first-order chi connectivity index (χ1) is 11.1. The summed E-state index contributed by atoms with van der Waals surface area (Å²) in [5.41, 5.74) is 1.10. The lowest BCUT2D eigenvalue weighted by Crippen LogP contribution is -2.55. The van der Waals surface area contributed by atoms with Crippen LogP contribution in [0.5, 0.6) is 5.75 Å². The fourth-order valence-electron chi connectivity index (χ4n) is 2.33. The van der Waals surface area contributed by atoms with Crippen molar-refractivity contribution in [2.45, 2.75) is 38.8 Å². The van der Waals surface area contributed by atoms with Crippen LogP contribution in [0.2, 0.25) is 0 Å². The van der Waals surface area contributed by atoms with Crippen molar-refractivity contribution in [1.29, 1.82) is 0 Å². The molecule has 1 unspecified atom stereocenters. The molecule has 0 aromatic heterocycles. The van der Waals surface area contributed by atoms with E-state index in [-0.39, 0.29) is 0 Å². The number of amides is 5. The van der Waals surface area contributed by atoms with Crippen LogP contribution in [-0.2, 0) is 10.3 Å². The van der Waals surface area contributed by atoms with Crippen molar-refractivity contribution in [2.75, 3.05) is 7.11 Å². The van der Waals surface area contributed by atoms with E-state index in [1.807, 2.05) is 0 Å². The summed E-state index contributed by atoms with van der Waals surface area (Å²) in [4.78, 5) is 36.7. The molecule has 0 aliphatic carbocycles. The number of rotatable bonds is 3. The van der Waals surface area contributed by atoms with E-state index in [0.29, 0.717) is 16.3 Å². The van der Waals surface area contributed by atoms with Crippen molar-refractivity contribution in [3.8, 4) is 5.75 Å². The summed E-state index contributed by atoms with van der Waals surface area (Å²) in [5.74, 6) is 0.0698. The average molecular weight is 334 g/mol. The predicted molar refractivity (Wildman–Crippen MR) is 87.1 cm³/mol. The van der Waals surface area contributed by atoms with Gasteiger partial charge in [0.15, 0.2) is 0 Å². The Hall–Kier alpha value is -2.77. The maximum Gasteiger partial charge on any atom is 0.344 e. The zero-order valence-corrected chi connectivity index (χ0v) is 14.4. The van der Waals surface area contributed by atoms with Gasteiger partial charge in [-0.15, -0.1) is 0 Å². The van der Waals surface area contributed by atoms with Crippen molar-refractivity contribution in [1.82, 2.24) is 21.1 Å². The number of carbonyl (C=O) groups is 3. The van der Waals surface area contributed by atoms with Gasteiger partial charge in [0, 0.05) is 5.54 Å². The molecule has 1 aliphatic heterocycles. The summed E-state index contributed by atoms with van der Waals surface area (Å²) in [6.07, 6.45) is 0. The van der Waals surface area contributed by atoms with E-state index < -0.39 is 29.0 Å². The van der Waals surface area contributed by atoms with Gasteiger partial charge in [0.25, 0.3) is 5.91 Å². The molecule has 1 aromatic carbocycles. The van der Waals surface area contributed by atoms with Crippen molar-refractivity contribution in [2.24, 2.45) is 0 Å². The highest BCUT2D eigenvalue weighted by Gasteiger charge is 2.50. The van der Waals surface area contributed by atoms with E-state index in [1.165, 1.54) is 0 Å². The van der Waals surface area contributed by atoms with Gasteiger partial charge >= 0.3 is 12.1 Å². The zero-order chi connectivity index (χ0) is 18.1. The lowest BCUT2D eigenvalue weighted by molar-refractivity contribution is -0.132. The molecule has 1 heterocycles. The second kappa shape index (κ2) is 6.03. The molecular weight excluding hydrogens is 312 g/mol. The van der Waals surface area contributed by atoms with Gasteiger partial charge < -0.3 is 15.4 Å². The Bertz CT molecular complexity index is 666. The molecule has 1 aliphatic rings. The number of hydrogen-bond donors (Lipinski definition) is 3. The lowest BCUT2D eigenvalue weighted by Gasteiger charge is -2.24. The summed E-state index contributed by atoms with van der Waals surface area (Å²) in [5, 5.41) is 5.92. The average Bonchev–Trinajstić information content (AvgIpc) is 2.70. The molecular formula is C16H22N4O4. The molecule has 24 heavy (non-hydrogen) atoms. The summed E-state index contributed by atoms with van der Waals surface area (Å²) in [7, 11) is 1.54. The fraction of sp³-hybridized carbons (Fsp3) is 0.438. The number of benzene rings is 1. The van der Waals surface area contributed by atoms with Crippen LogP contribution in [0, 0.1) is 0 Å². The van der Waals surface area contributed by atoms with Crippen LogP contribution in [0.15, 0.2) is 24.3 Å². The van der Waals surface area contributed by atoms with E-state index in [9.17, 15) is 14.4 Å². The number of nitrogens with zero attached hydrogens (tertiary/aromatic N) is 1. The second-order valence-corrected chi connectivity index (χ2v) is 6.74. The number of imide groups is 1. The maximum atomic E-state index is 12.7. The Morgan fingerprint density at radius 3 is 2.29 bits per heavy atom. The first-order valence-electron chi connectivity index (χ1n) is 7.47. The van der Waals surface area contributed by atoms with E-state index >= 15 is 0 Å². The van der Waals surface area contributed by atoms with E-state index in [1.54, 1.807) is 59.1 Å². The monoisotopic (exact) mass is 334 g/mol. The molecule has 8 heteroatoms. The summed E-state index contributed by atoms with van der Waals surface area (Å²) in [6.45, 7) is 6.96. The van der Waals surface area contributed by atoms with Gasteiger partial charge in [-0.2, -0.15) is 5.01 Å². The lowest BCUT2D eigenvalue weighted by atomic mass is 9.92. The summed E-state index contributed by atoms with van der Waals surface area (Å²) < 4.78 is 5.08. The van der Waals surface area contributed by atoms with Gasteiger partial charge in [0.1, 0.15) is 11.3 Å². The van der Waals surface area contributed by atoms with Crippen LogP contribution in [0.1, 0.15) is 33.3 Å². The Morgan fingerprint density at radius 2 is 1.79 bits per heavy atom. The highest BCUT2D eigenvalue weighted by atomic mass is 16.5. The normalized spacial score (nSPS) is 20.6. The van der Waals surface area contributed by atoms with Crippen LogP contribution in [0.25, 0.3) is 0 Å². The number of carbonyl (C=O) groups excluding carboxylic acids is 3. The summed E-state index contributed by atoms with van der Waals surface area (Å²) in [6, 6.07) is 5.45. The summed E-state index contributed by atoms with van der Waals surface area (Å²) >= 11 is 0. The number of nitrogens with one attached hydrogen (secondary N) is 3. The molecule has 0 bridgehead atoms. The SMILES string of the molecule is COc1ccc(C2(C)NC(=O)N(NC(=O)NC(C)(C)C)C2=O)cc1. The minimum Gasteiger partial charge on any atom is -0.497 e. The number of methoxy groups -OCH3 is 1. The van der Waals surface area contributed by atoms with Crippen molar-refractivity contribution >= 4 is 18.0 Å².